The van der Waals surface area contributed by atoms with Gasteiger partial charge in [-0.05, 0) is 0 Å². The summed E-state index contributed by atoms with van der Waals surface area (Å²) in [7, 11) is 0. The van der Waals surface area contributed by atoms with Gasteiger partial charge in [0.15, 0.2) is 0 Å². The molecule has 1 N–H and O–H groups in total. The molecule has 0 saturated heterocycles. The van der Waals surface area contributed by atoms with E-state index >= 15 is 0 Å². The molecule has 0 amide bonds. The molecular weight excluding hydrogens is 124 g/mol. The highest BCUT2D eigenvalue weighted by Gasteiger charge is 2.00. The minimum atomic E-state index is -1.92. The quantitative estimate of drug-likeness (QED) is 0.405. The number of rotatable bonds is 2. The zero-order valence-corrected chi connectivity index (χ0v) is 4.42. The molecule has 0 heterocycles. The van der Waals surface area contributed by atoms with Gasteiger partial charge in [-0.3, -0.25) is 0 Å². The average molecular weight is 127 g/mol. The topological polar surface area (TPSA) is 54.4 Å². The van der Waals surface area contributed by atoms with Crippen molar-refractivity contribution in [3.05, 3.63) is 0 Å². The van der Waals surface area contributed by atoms with Crippen LogP contribution in [0.25, 0.3) is 0 Å². The summed E-state index contributed by atoms with van der Waals surface area (Å²) in [6.07, 6.45) is 0. The lowest BCUT2D eigenvalue weighted by Gasteiger charge is -1.62. The van der Waals surface area contributed by atoms with Crippen LogP contribution >= 0.6 is 0 Å². The Hall–Kier alpha value is 0.130. The van der Waals surface area contributed by atoms with Crippen molar-refractivity contribution >= 4 is 22.7 Å². The van der Waals surface area contributed by atoms with Gasteiger partial charge in [0, 0.05) is 4.21 Å². The van der Waals surface area contributed by atoms with Gasteiger partial charge in [0.1, 0.15) is 0 Å². The van der Waals surface area contributed by atoms with Crippen molar-refractivity contribution in [1.29, 1.82) is 0 Å². The second kappa shape index (κ2) is 3.32. The molecule has 1 atom stereocenters. The molecule has 0 spiro atoms. The molecular formula is CH3O3S2+. The van der Waals surface area contributed by atoms with Crippen molar-refractivity contribution < 1.29 is 13.0 Å². The first-order chi connectivity index (χ1) is 2.77. The summed E-state index contributed by atoms with van der Waals surface area (Å²) in [5.41, 5.74) is 0. The molecule has 0 aliphatic carbocycles. The fraction of sp³-hybridized carbons (Fsp3) is 1.00. The highest BCUT2D eigenvalue weighted by molar-refractivity contribution is 7.91. The van der Waals surface area contributed by atoms with E-state index in [4.69, 9.17) is 4.55 Å². The Morgan fingerprint density at radius 1 is 1.83 bits per heavy atom. The lowest BCUT2D eigenvalue weighted by atomic mass is 11.9. The van der Waals surface area contributed by atoms with Gasteiger partial charge in [-0.2, -0.15) is 0 Å². The molecule has 36 valence electrons. The summed E-state index contributed by atoms with van der Waals surface area (Å²) in [6.45, 7) is 0. The van der Waals surface area contributed by atoms with Crippen LogP contribution in [-0.2, 0) is 27.0 Å². The molecule has 0 fully saturated rings. The molecule has 0 aromatic heterocycles. The molecule has 0 saturated carbocycles. The first kappa shape index (κ1) is 6.13. The van der Waals surface area contributed by atoms with Crippen LogP contribution in [0.2, 0.25) is 0 Å². The summed E-state index contributed by atoms with van der Waals surface area (Å²) in [5, 5.41) is -0.236. The van der Waals surface area contributed by atoms with Crippen LogP contribution in [0.1, 0.15) is 0 Å². The second-order valence-electron chi connectivity index (χ2n) is 0.557. The van der Waals surface area contributed by atoms with Gasteiger partial charge in [0.05, 0.1) is 0 Å². The number of hydrogen-bond donors (Lipinski definition) is 1. The van der Waals surface area contributed by atoms with Crippen molar-refractivity contribution in [3.8, 4) is 0 Å². The third-order valence-electron chi connectivity index (χ3n) is 0.149. The van der Waals surface area contributed by atoms with Crippen molar-refractivity contribution in [2.45, 2.75) is 0 Å². The Bertz CT molecular complexity index is 69.2. The molecule has 0 aromatic rings. The van der Waals surface area contributed by atoms with Crippen LogP contribution in [0.15, 0.2) is 0 Å². The maximum atomic E-state index is 9.49. The average Bonchev–Trinajstić information content (AvgIpc) is 1.35. The molecule has 0 rings (SSSR count). The highest BCUT2D eigenvalue weighted by atomic mass is 32.2. The van der Waals surface area contributed by atoms with Crippen molar-refractivity contribution in [2.75, 3.05) is 5.08 Å². The molecule has 1 unspecified atom stereocenters. The Morgan fingerprint density at radius 2 is 2.33 bits per heavy atom. The van der Waals surface area contributed by atoms with E-state index in [2.05, 4.69) is 0 Å². The van der Waals surface area contributed by atoms with E-state index in [-0.39, 0.29) is 16.8 Å². The van der Waals surface area contributed by atoms with Crippen LogP contribution in [0.3, 0.4) is 0 Å². The fourth-order valence-electron chi connectivity index (χ4n) is 0.0412. The van der Waals surface area contributed by atoms with E-state index in [0.29, 0.717) is 0 Å². The predicted molar refractivity (Wildman–Crippen MR) is 23.7 cm³/mol. The summed E-state index contributed by atoms with van der Waals surface area (Å²) in [5.74, 6) is 0. The van der Waals surface area contributed by atoms with Gasteiger partial charge in [0.2, 0.25) is 11.1 Å². The zero-order valence-electron chi connectivity index (χ0n) is 2.79. The van der Waals surface area contributed by atoms with Gasteiger partial charge in [-0.25, -0.2) is 4.21 Å². The van der Waals surface area contributed by atoms with Crippen molar-refractivity contribution in [2.24, 2.45) is 0 Å². The van der Waals surface area contributed by atoms with Crippen LogP contribution in [0.5, 0.6) is 0 Å². The zero-order chi connectivity index (χ0) is 4.99. The molecule has 0 aliphatic rings. The van der Waals surface area contributed by atoms with E-state index in [1.54, 1.807) is 0 Å². The molecule has 0 aliphatic heterocycles. The van der Waals surface area contributed by atoms with Gasteiger partial charge >= 0.3 is 16.8 Å². The molecule has 0 aromatic carbocycles. The Morgan fingerprint density at radius 3 is 2.33 bits per heavy atom. The second-order valence-corrected chi connectivity index (χ2v) is 2.38. The monoisotopic (exact) mass is 127 g/mol. The first-order valence-corrected chi connectivity index (χ1v) is 3.28. The molecule has 6 heavy (non-hydrogen) atoms. The number of hydrogen-bond acceptors (Lipinski definition) is 2. The smallest absolute Gasteiger partial charge is 0.302 e. The Kier molecular flexibility index (Phi) is 3.40. The van der Waals surface area contributed by atoms with E-state index in [1.807, 2.05) is 0 Å². The van der Waals surface area contributed by atoms with Crippen LogP contribution < -0.4 is 0 Å². The molecule has 0 bridgehead atoms. The maximum absolute atomic E-state index is 9.49. The van der Waals surface area contributed by atoms with Crippen LogP contribution in [-0.4, -0.2) is 13.8 Å². The van der Waals surface area contributed by atoms with Gasteiger partial charge in [0.25, 0.3) is 0 Å². The largest absolute Gasteiger partial charge is 0.475 e. The lowest BCUT2D eigenvalue weighted by molar-refractivity contribution is 0.568. The minimum absolute atomic E-state index is 0.110. The SMILES string of the molecule is O=[S+]CS(=O)O. The minimum Gasteiger partial charge on any atom is -0.302 e. The summed E-state index contributed by atoms with van der Waals surface area (Å²) < 4.78 is 26.6. The van der Waals surface area contributed by atoms with Crippen molar-refractivity contribution in [1.82, 2.24) is 0 Å². The van der Waals surface area contributed by atoms with Crippen LogP contribution in [0, 0.1) is 0 Å². The summed E-state index contributed by atoms with van der Waals surface area (Å²) in [4.78, 5) is 0. The first-order valence-electron chi connectivity index (χ1n) is 1.09. The van der Waals surface area contributed by atoms with Gasteiger partial charge in [-0.15, -0.1) is 0 Å². The van der Waals surface area contributed by atoms with E-state index in [9.17, 15) is 8.42 Å². The Balaban J connectivity index is 3.05. The van der Waals surface area contributed by atoms with Gasteiger partial charge < -0.3 is 4.55 Å². The molecule has 0 radical (unpaired) electrons. The fourth-order valence-corrected chi connectivity index (χ4v) is 0.370. The molecule has 5 heteroatoms. The van der Waals surface area contributed by atoms with Crippen molar-refractivity contribution in [3.63, 3.8) is 0 Å². The summed E-state index contributed by atoms with van der Waals surface area (Å²) in [6, 6.07) is 0. The van der Waals surface area contributed by atoms with E-state index in [0.717, 1.165) is 0 Å². The maximum Gasteiger partial charge on any atom is 0.475 e. The normalized spacial score (nSPS) is 13.5. The standard InChI is InChI=1S/CH2O3S2/c2-5-1-6(3)4/h1H2/p+1. The van der Waals surface area contributed by atoms with E-state index in [1.165, 1.54) is 0 Å². The van der Waals surface area contributed by atoms with Gasteiger partial charge in [-0.1, -0.05) is 0 Å². The van der Waals surface area contributed by atoms with E-state index < -0.39 is 11.1 Å². The third-order valence-corrected chi connectivity index (χ3v) is 1.34. The lowest BCUT2D eigenvalue weighted by Crippen LogP contribution is -1.89. The Labute approximate surface area is 41.5 Å². The summed E-state index contributed by atoms with van der Waals surface area (Å²) >= 11 is -1.81. The highest BCUT2D eigenvalue weighted by Crippen LogP contribution is 1.65. The van der Waals surface area contributed by atoms with Crippen LogP contribution in [0.4, 0.5) is 0 Å². The predicted octanol–water partition coefficient (Wildman–Crippen LogP) is -0.406. The third kappa shape index (κ3) is 4.13. The molecule has 3 nitrogen and oxygen atoms in total.